The minimum absolute atomic E-state index is 0.0869. The fourth-order valence-electron chi connectivity index (χ4n) is 1.53. The number of rotatable bonds is 3. The van der Waals surface area contributed by atoms with E-state index >= 15 is 0 Å². The molecule has 0 unspecified atom stereocenters. The Morgan fingerprint density at radius 3 is 2.50 bits per heavy atom. The van der Waals surface area contributed by atoms with Crippen molar-refractivity contribution >= 4 is 17.5 Å². The molecule has 1 amide bonds. The summed E-state index contributed by atoms with van der Waals surface area (Å²) >= 11 is 5.61. The number of aromatic nitrogens is 2. The highest BCUT2D eigenvalue weighted by molar-refractivity contribution is 6.29. The van der Waals surface area contributed by atoms with Gasteiger partial charge in [0.1, 0.15) is 0 Å². The number of carbonyl (C=O) groups is 1. The first-order chi connectivity index (χ1) is 8.66. The lowest BCUT2D eigenvalue weighted by Crippen LogP contribution is -2.27. The van der Waals surface area contributed by atoms with Crippen LogP contribution in [0, 0.1) is 0 Å². The van der Waals surface area contributed by atoms with Crippen LogP contribution in [0.1, 0.15) is 29.0 Å². The largest absolute Gasteiger partial charge is 0.344 e. The molecule has 0 spiro atoms. The van der Waals surface area contributed by atoms with Crippen LogP contribution in [0.25, 0.3) is 0 Å². The normalized spacial score (nSPS) is 11.9. The number of halogens is 1. The number of hydrogen-bond donors (Lipinski definition) is 1. The molecule has 1 heterocycles. The number of carbonyl (C=O) groups excluding carboxylic acids is 1. The molecule has 0 radical (unpaired) electrons. The Kier molecular flexibility index (Phi) is 3.89. The smallest absolute Gasteiger partial charge is 0.272 e. The highest BCUT2D eigenvalue weighted by Crippen LogP contribution is 2.12. The maximum absolute atomic E-state index is 11.9. The molecule has 92 valence electrons. The Hall–Kier alpha value is -1.94. The van der Waals surface area contributed by atoms with Gasteiger partial charge >= 0.3 is 0 Å². The lowest BCUT2D eigenvalue weighted by atomic mass is 10.1. The predicted octanol–water partition coefficient (Wildman–Crippen LogP) is 2.62. The van der Waals surface area contributed by atoms with Crippen molar-refractivity contribution in [3.05, 3.63) is 58.9 Å². The first-order valence-electron chi connectivity index (χ1n) is 5.52. The van der Waals surface area contributed by atoms with Crippen molar-refractivity contribution in [3.63, 3.8) is 0 Å². The molecule has 0 aliphatic heterocycles. The van der Waals surface area contributed by atoms with Gasteiger partial charge in [-0.1, -0.05) is 41.9 Å². The van der Waals surface area contributed by atoms with Crippen molar-refractivity contribution in [2.75, 3.05) is 0 Å². The Morgan fingerprint density at radius 1 is 1.17 bits per heavy atom. The summed E-state index contributed by atoms with van der Waals surface area (Å²) in [4.78, 5) is 11.9. The molecular formula is C13H12ClN3O. The van der Waals surface area contributed by atoms with E-state index < -0.39 is 0 Å². The van der Waals surface area contributed by atoms with Crippen LogP contribution in [-0.4, -0.2) is 16.1 Å². The third-order valence-electron chi connectivity index (χ3n) is 2.51. The molecule has 18 heavy (non-hydrogen) atoms. The second kappa shape index (κ2) is 5.60. The van der Waals surface area contributed by atoms with Gasteiger partial charge in [-0.2, -0.15) is 0 Å². The summed E-state index contributed by atoms with van der Waals surface area (Å²) in [5.74, 6) is -0.268. The molecule has 0 saturated heterocycles. The van der Waals surface area contributed by atoms with Crippen molar-refractivity contribution in [3.8, 4) is 0 Å². The fraction of sp³-hybridized carbons (Fsp3) is 0.154. The van der Waals surface area contributed by atoms with E-state index in [4.69, 9.17) is 11.6 Å². The molecule has 0 aliphatic carbocycles. The maximum Gasteiger partial charge on any atom is 0.272 e. The molecule has 0 bridgehead atoms. The second-order valence-electron chi connectivity index (χ2n) is 3.85. The van der Waals surface area contributed by atoms with Crippen LogP contribution in [0.5, 0.6) is 0 Å². The molecule has 1 N–H and O–H groups in total. The summed E-state index contributed by atoms with van der Waals surface area (Å²) in [6.45, 7) is 1.91. The van der Waals surface area contributed by atoms with E-state index in [1.54, 1.807) is 6.07 Å². The van der Waals surface area contributed by atoms with Crippen molar-refractivity contribution in [2.24, 2.45) is 0 Å². The number of benzene rings is 1. The monoisotopic (exact) mass is 261 g/mol. The van der Waals surface area contributed by atoms with Crippen LogP contribution in [0.3, 0.4) is 0 Å². The first-order valence-corrected chi connectivity index (χ1v) is 5.89. The molecule has 4 nitrogen and oxygen atoms in total. The van der Waals surface area contributed by atoms with Crippen molar-refractivity contribution < 1.29 is 4.79 Å². The molecule has 1 aromatic carbocycles. The van der Waals surface area contributed by atoms with Gasteiger partial charge in [0.15, 0.2) is 10.8 Å². The van der Waals surface area contributed by atoms with Crippen molar-refractivity contribution in [1.29, 1.82) is 0 Å². The van der Waals surface area contributed by atoms with E-state index in [-0.39, 0.29) is 22.8 Å². The summed E-state index contributed by atoms with van der Waals surface area (Å²) in [5.41, 5.74) is 1.29. The Balaban J connectivity index is 2.06. The zero-order valence-corrected chi connectivity index (χ0v) is 10.6. The number of hydrogen-bond acceptors (Lipinski definition) is 3. The van der Waals surface area contributed by atoms with Crippen LogP contribution in [0.15, 0.2) is 42.5 Å². The van der Waals surface area contributed by atoms with Gasteiger partial charge in [-0.25, -0.2) is 0 Å². The van der Waals surface area contributed by atoms with Gasteiger partial charge in [-0.05, 0) is 24.6 Å². The Labute approximate surface area is 110 Å². The van der Waals surface area contributed by atoms with Crippen molar-refractivity contribution in [2.45, 2.75) is 13.0 Å². The molecule has 1 aromatic heterocycles. The van der Waals surface area contributed by atoms with E-state index in [2.05, 4.69) is 15.5 Å². The van der Waals surface area contributed by atoms with Gasteiger partial charge in [-0.15, -0.1) is 10.2 Å². The lowest BCUT2D eigenvalue weighted by molar-refractivity contribution is 0.0934. The summed E-state index contributed by atoms with van der Waals surface area (Å²) in [6.07, 6.45) is 0. The average Bonchev–Trinajstić information content (AvgIpc) is 2.40. The van der Waals surface area contributed by atoms with Gasteiger partial charge in [0.05, 0.1) is 6.04 Å². The standard InChI is InChI=1S/C13H12ClN3O/c1-9(10-5-3-2-4-6-10)15-13(18)11-7-8-12(14)17-16-11/h2-9H,1H3,(H,15,18)/t9-/m1/s1. The average molecular weight is 262 g/mol. The third kappa shape index (κ3) is 3.05. The Morgan fingerprint density at radius 2 is 1.89 bits per heavy atom. The minimum atomic E-state index is -0.268. The molecule has 2 aromatic rings. The molecular weight excluding hydrogens is 250 g/mol. The van der Waals surface area contributed by atoms with Crippen LogP contribution in [0.2, 0.25) is 5.15 Å². The molecule has 2 rings (SSSR count). The van der Waals surface area contributed by atoms with Crippen LogP contribution in [0.4, 0.5) is 0 Å². The summed E-state index contributed by atoms with van der Waals surface area (Å²) in [6, 6.07) is 12.7. The van der Waals surface area contributed by atoms with E-state index in [9.17, 15) is 4.79 Å². The van der Waals surface area contributed by atoms with Crippen LogP contribution < -0.4 is 5.32 Å². The fourth-order valence-corrected chi connectivity index (χ4v) is 1.63. The summed E-state index contributed by atoms with van der Waals surface area (Å²) in [7, 11) is 0. The van der Waals surface area contributed by atoms with Gasteiger partial charge < -0.3 is 5.32 Å². The molecule has 1 atom stereocenters. The zero-order chi connectivity index (χ0) is 13.0. The topological polar surface area (TPSA) is 54.9 Å². The van der Waals surface area contributed by atoms with E-state index in [1.807, 2.05) is 37.3 Å². The highest BCUT2D eigenvalue weighted by Gasteiger charge is 2.12. The van der Waals surface area contributed by atoms with E-state index in [0.29, 0.717) is 0 Å². The minimum Gasteiger partial charge on any atom is -0.344 e. The predicted molar refractivity (Wildman–Crippen MR) is 69.4 cm³/mol. The highest BCUT2D eigenvalue weighted by atomic mass is 35.5. The number of amides is 1. The lowest BCUT2D eigenvalue weighted by Gasteiger charge is -2.13. The number of nitrogens with one attached hydrogen (secondary N) is 1. The van der Waals surface area contributed by atoms with Gasteiger partial charge in [0, 0.05) is 0 Å². The van der Waals surface area contributed by atoms with Crippen LogP contribution in [-0.2, 0) is 0 Å². The van der Waals surface area contributed by atoms with E-state index in [1.165, 1.54) is 6.07 Å². The van der Waals surface area contributed by atoms with Gasteiger partial charge in [0.25, 0.3) is 5.91 Å². The first kappa shape index (κ1) is 12.5. The molecule has 0 saturated carbocycles. The summed E-state index contributed by atoms with van der Waals surface area (Å²) in [5, 5.41) is 10.5. The molecule has 0 fully saturated rings. The van der Waals surface area contributed by atoms with Crippen molar-refractivity contribution in [1.82, 2.24) is 15.5 Å². The second-order valence-corrected chi connectivity index (χ2v) is 4.23. The third-order valence-corrected chi connectivity index (χ3v) is 2.71. The quantitative estimate of drug-likeness (QED) is 0.924. The van der Waals surface area contributed by atoms with E-state index in [0.717, 1.165) is 5.56 Å². The number of nitrogens with zero attached hydrogens (tertiary/aromatic N) is 2. The summed E-state index contributed by atoms with van der Waals surface area (Å²) < 4.78 is 0. The Bertz CT molecular complexity index is 528. The van der Waals surface area contributed by atoms with Crippen LogP contribution >= 0.6 is 11.6 Å². The molecule has 5 heteroatoms. The SMILES string of the molecule is C[C@@H](NC(=O)c1ccc(Cl)nn1)c1ccccc1. The van der Waals surface area contributed by atoms with Gasteiger partial charge in [0.2, 0.25) is 0 Å². The molecule has 0 aliphatic rings. The van der Waals surface area contributed by atoms with Gasteiger partial charge in [-0.3, -0.25) is 4.79 Å². The maximum atomic E-state index is 11.9. The zero-order valence-electron chi connectivity index (χ0n) is 9.80.